The molecule has 0 radical (unpaired) electrons. The maximum absolute atomic E-state index is 13.6. The lowest BCUT2D eigenvalue weighted by Crippen LogP contribution is -2.51. The lowest BCUT2D eigenvalue weighted by molar-refractivity contribution is -0.133. The van der Waals surface area contributed by atoms with E-state index in [4.69, 9.17) is 9.47 Å². The van der Waals surface area contributed by atoms with E-state index < -0.39 is 0 Å². The molecule has 35 heavy (non-hydrogen) atoms. The normalized spacial score (nSPS) is 24.2. The summed E-state index contributed by atoms with van der Waals surface area (Å²) in [5.41, 5.74) is 2.56. The number of hydrogen-bond acceptors (Lipinski definition) is 7. The van der Waals surface area contributed by atoms with Gasteiger partial charge in [-0.15, -0.1) is 0 Å². The van der Waals surface area contributed by atoms with E-state index in [1.54, 1.807) is 23.0 Å². The number of amides is 2. The molecular weight excluding hydrogens is 448 g/mol. The number of aliphatic hydroxyl groups is 1. The number of aliphatic hydroxyl groups excluding tert-OH is 1. The molecule has 0 bridgehead atoms. The second-order valence-corrected chi connectivity index (χ2v) is 9.98. The van der Waals surface area contributed by atoms with Gasteiger partial charge in [-0.25, -0.2) is 4.98 Å². The zero-order valence-corrected chi connectivity index (χ0v) is 21.1. The fourth-order valence-electron chi connectivity index (χ4n) is 4.87. The number of carbonyl (C=O) groups excluding carboxylic acids is 2. The summed E-state index contributed by atoms with van der Waals surface area (Å²) in [6, 6.07) is 1.53. The van der Waals surface area contributed by atoms with Crippen LogP contribution in [0, 0.1) is 5.92 Å². The summed E-state index contributed by atoms with van der Waals surface area (Å²) >= 11 is 0. The monoisotopic (exact) mass is 486 g/mol. The van der Waals surface area contributed by atoms with Crippen LogP contribution in [-0.2, 0) is 9.53 Å². The highest BCUT2D eigenvalue weighted by Gasteiger charge is 2.35. The van der Waals surface area contributed by atoms with Crippen molar-refractivity contribution in [3.05, 3.63) is 29.5 Å². The highest BCUT2D eigenvalue weighted by Crippen LogP contribution is 2.32. The molecule has 3 heterocycles. The summed E-state index contributed by atoms with van der Waals surface area (Å²) in [5.74, 6) is 0.0616. The van der Waals surface area contributed by atoms with Gasteiger partial charge in [0, 0.05) is 38.8 Å². The fourth-order valence-corrected chi connectivity index (χ4v) is 4.87. The summed E-state index contributed by atoms with van der Waals surface area (Å²) in [6.45, 7) is 7.67. The topological polar surface area (TPSA) is 95.4 Å². The van der Waals surface area contributed by atoms with E-state index in [1.807, 2.05) is 19.9 Å². The van der Waals surface area contributed by atoms with Crippen molar-refractivity contribution in [2.75, 3.05) is 59.6 Å². The molecule has 0 saturated carbocycles. The molecular formula is C26H38N4O5. The number of fused-ring (bicyclic) bond motifs is 1. The van der Waals surface area contributed by atoms with Crippen LogP contribution in [0.2, 0.25) is 0 Å². The molecule has 1 aromatic heterocycles. The van der Waals surface area contributed by atoms with E-state index in [1.165, 1.54) is 5.57 Å². The van der Waals surface area contributed by atoms with Gasteiger partial charge in [0.05, 0.1) is 39.0 Å². The Hall–Kier alpha value is -2.49. The first-order chi connectivity index (χ1) is 16.9. The van der Waals surface area contributed by atoms with Gasteiger partial charge in [-0.2, -0.15) is 0 Å². The largest absolute Gasteiger partial charge is 0.472 e. The van der Waals surface area contributed by atoms with Crippen LogP contribution in [0.3, 0.4) is 0 Å². The molecule has 3 aliphatic rings. The third-order valence-corrected chi connectivity index (χ3v) is 7.27. The highest BCUT2D eigenvalue weighted by molar-refractivity contribution is 5.97. The van der Waals surface area contributed by atoms with Crippen LogP contribution in [0.1, 0.15) is 49.0 Å². The minimum Gasteiger partial charge on any atom is -0.472 e. The van der Waals surface area contributed by atoms with Crippen molar-refractivity contribution in [1.29, 1.82) is 0 Å². The number of allylic oxidation sites excluding steroid dienone is 2. The third kappa shape index (κ3) is 6.02. The Morgan fingerprint density at radius 1 is 1.34 bits per heavy atom. The number of hydrogen-bond donors (Lipinski definition) is 1. The Bertz CT molecular complexity index is 946. The number of pyridine rings is 1. The molecule has 2 amide bonds. The van der Waals surface area contributed by atoms with Gasteiger partial charge in [0.1, 0.15) is 11.7 Å². The quantitative estimate of drug-likeness (QED) is 0.626. The van der Waals surface area contributed by atoms with Crippen molar-refractivity contribution >= 4 is 17.4 Å². The molecule has 0 aromatic carbocycles. The van der Waals surface area contributed by atoms with Gasteiger partial charge < -0.3 is 24.4 Å². The van der Waals surface area contributed by atoms with Crippen molar-refractivity contribution in [3.63, 3.8) is 0 Å². The maximum Gasteiger partial charge on any atom is 0.259 e. The van der Waals surface area contributed by atoms with E-state index in [0.29, 0.717) is 38.4 Å². The fraction of sp³-hybridized carbons (Fsp3) is 0.654. The molecule has 1 aliphatic carbocycles. The average Bonchev–Trinajstić information content (AvgIpc) is 3.41. The van der Waals surface area contributed by atoms with Crippen LogP contribution in [0.25, 0.3) is 5.57 Å². The van der Waals surface area contributed by atoms with E-state index in [9.17, 15) is 14.7 Å². The molecule has 4 rings (SSSR count). The molecule has 1 aromatic rings. The zero-order chi connectivity index (χ0) is 24.9. The van der Waals surface area contributed by atoms with Crippen LogP contribution >= 0.6 is 0 Å². The first-order valence-electron chi connectivity index (χ1n) is 12.7. The number of rotatable bonds is 7. The zero-order valence-electron chi connectivity index (χ0n) is 21.1. The van der Waals surface area contributed by atoms with Crippen molar-refractivity contribution in [3.8, 4) is 5.88 Å². The van der Waals surface area contributed by atoms with E-state index in [0.717, 1.165) is 37.9 Å². The number of ether oxygens (including phenoxy) is 2. The molecule has 9 nitrogen and oxygen atoms in total. The minimum absolute atomic E-state index is 0.0260. The van der Waals surface area contributed by atoms with Gasteiger partial charge in [0.2, 0.25) is 11.8 Å². The predicted octanol–water partition coefficient (Wildman–Crippen LogP) is 1.66. The first kappa shape index (κ1) is 25.6. The van der Waals surface area contributed by atoms with Gasteiger partial charge >= 0.3 is 0 Å². The summed E-state index contributed by atoms with van der Waals surface area (Å²) in [6.07, 6.45) is 6.75. The van der Waals surface area contributed by atoms with Gasteiger partial charge in [0.25, 0.3) is 5.91 Å². The Morgan fingerprint density at radius 2 is 2.11 bits per heavy atom. The summed E-state index contributed by atoms with van der Waals surface area (Å²) < 4.78 is 11.7. The Morgan fingerprint density at radius 3 is 2.80 bits per heavy atom. The Kier molecular flexibility index (Phi) is 8.41. The molecule has 2 aliphatic heterocycles. The molecule has 1 fully saturated rings. The lowest BCUT2D eigenvalue weighted by Gasteiger charge is -2.38. The van der Waals surface area contributed by atoms with Crippen LogP contribution in [-0.4, -0.2) is 108 Å². The van der Waals surface area contributed by atoms with Gasteiger partial charge in [-0.3, -0.25) is 14.5 Å². The molecule has 1 N–H and O–H groups in total. The molecule has 1 saturated heterocycles. The number of aromatic nitrogens is 1. The number of nitrogens with zero attached hydrogens (tertiary/aromatic N) is 4. The number of carbonyl (C=O) groups is 2. The van der Waals surface area contributed by atoms with Crippen molar-refractivity contribution in [2.24, 2.45) is 5.92 Å². The lowest BCUT2D eigenvalue weighted by atomic mass is 9.99. The van der Waals surface area contributed by atoms with E-state index in [2.05, 4.69) is 16.0 Å². The summed E-state index contributed by atoms with van der Waals surface area (Å²) in [4.78, 5) is 36.6. The summed E-state index contributed by atoms with van der Waals surface area (Å²) in [5, 5.41) is 9.85. The standard InChI is InChI=1S/C26H38N4O5/c1-18-14-30(19(2)17-31)26(33)22-12-21(20-6-4-5-7-20)13-27-25(22)35-23(18)15-28(3)24(32)16-29-8-10-34-11-9-29/h6,12-13,18-19,23,31H,4-5,7-11,14-17H2,1-3H3/t18-,19-,23-/m1/s1. The predicted molar refractivity (Wildman–Crippen MR) is 132 cm³/mol. The summed E-state index contributed by atoms with van der Waals surface area (Å²) in [7, 11) is 1.79. The SMILES string of the molecule is C[C@@H]1CN([C@H](C)CO)C(=O)c2cc(C3=CCCC3)cnc2O[C@@H]1CN(C)C(=O)CN1CCOCC1. The van der Waals surface area contributed by atoms with Crippen LogP contribution in [0.5, 0.6) is 5.88 Å². The highest BCUT2D eigenvalue weighted by atomic mass is 16.5. The van der Waals surface area contributed by atoms with Crippen molar-refractivity contribution in [1.82, 2.24) is 19.7 Å². The Labute approximate surface area is 207 Å². The van der Waals surface area contributed by atoms with Crippen molar-refractivity contribution < 1.29 is 24.2 Å². The molecule has 3 atom stereocenters. The minimum atomic E-state index is -0.349. The smallest absolute Gasteiger partial charge is 0.259 e. The van der Waals surface area contributed by atoms with Crippen LogP contribution in [0.15, 0.2) is 18.3 Å². The van der Waals surface area contributed by atoms with Crippen LogP contribution < -0.4 is 4.74 Å². The van der Waals surface area contributed by atoms with Gasteiger partial charge in [-0.1, -0.05) is 13.0 Å². The second kappa shape index (κ2) is 11.5. The van der Waals surface area contributed by atoms with E-state index in [-0.39, 0.29) is 42.4 Å². The Balaban J connectivity index is 1.56. The molecule has 9 heteroatoms. The van der Waals surface area contributed by atoms with Crippen molar-refractivity contribution in [2.45, 2.75) is 45.3 Å². The number of likely N-dealkylation sites (N-methyl/N-ethyl adjacent to an activating group) is 1. The molecule has 192 valence electrons. The second-order valence-electron chi connectivity index (χ2n) is 9.98. The molecule has 0 spiro atoms. The third-order valence-electron chi connectivity index (χ3n) is 7.27. The van der Waals surface area contributed by atoms with Crippen LogP contribution in [0.4, 0.5) is 0 Å². The first-order valence-corrected chi connectivity index (χ1v) is 12.7. The maximum atomic E-state index is 13.6. The van der Waals surface area contributed by atoms with E-state index >= 15 is 0 Å². The molecule has 0 unspecified atom stereocenters. The van der Waals surface area contributed by atoms with Gasteiger partial charge in [-0.05, 0) is 43.4 Å². The number of morpholine rings is 1. The van der Waals surface area contributed by atoms with Gasteiger partial charge in [0.15, 0.2) is 0 Å². The average molecular weight is 487 g/mol.